The SMILES string of the molecule is CN(C(=O)CN1CCC(N)CC1)C1CCCc2ccccc21.Cl. The first-order valence-electron chi connectivity index (χ1n) is 8.46. The molecule has 1 fully saturated rings. The number of halogens is 1. The Morgan fingerprint density at radius 1 is 1.26 bits per heavy atom. The van der Waals surface area contributed by atoms with Crippen molar-refractivity contribution < 1.29 is 4.79 Å². The monoisotopic (exact) mass is 337 g/mol. The molecule has 2 N–H and O–H groups in total. The quantitative estimate of drug-likeness (QED) is 0.921. The van der Waals surface area contributed by atoms with Crippen molar-refractivity contribution in [3.05, 3.63) is 35.4 Å². The van der Waals surface area contributed by atoms with Gasteiger partial charge < -0.3 is 10.6 Å². The Labute approximate surface area is 145 Å². The highest BCUT2D eigenvalue weighted by atomic mass is 35.5. The number of hydrogen-bond acceptors (Lipinski definition) is 3. The third kappa shape index (κ3) is 4.25. The molecule has 1 atom stereocenters. The van der Waals surface area contributed by atoms with E-state index in [-0.39, 0.29) is 24.4 Å². The lowest BCUT2D eigenvalue weighted by molar-refractivity contribution is -0.133. The van der Waals surface area contributed by atoms with Crippen LogP contribution in [0.5, 0.6) is 0 Å². The summed E-state index contributed by atoms with van der Waals surface area (Å²) < 4.78 is 0. The molecular formula is C18H28ClN3O. The summed E-state index contributed by atoms with van der Waals surface area (Å²) in [4.78, 5) is 16.9. The van der Waals surface area contributed by atoms with Gasteiger partial charge in [0.15, 0.2) is 0 Å². The number of nitrogens with two attached hydrogens (primary N) is 1. The average molecular weight is 338 g/mol. The Balaban J connectivity index is 0.00000192. The van der Waals surface area contributed by atoms with Gasteiger partial charge in [-0.3, -0.25) is 9.69 Å². The highest BCUT2D eigenvalue weighted by Crippen LogP contribution is 2.33. The number of aryl methyl sites for hydroxylation is 1. The van der Waals surface area contributed by atoms with Gasteiger partial charge in [-0.05, 0) is 43.2 Å². The molecule has 1 aliphatic heterocycles. The molecule has 0 aromatic heterocycles. The zero-order chi connectivity index (χ0) is 15.5. The second kappa shape index (κ2) is 8.13. The van der Waals surface area contributed by atoms with Gasteiger partial charge in [-0.25, -0.2) is 0 Å². The molecule has 5 heteroatoms. The lowest BCUT2D eigenvalue weighted by atomic mass is 9.87. The molecular weight excluding hydrogens is 310 g/mol. The van der Waals surface area contributed by atoms with Gasteiger partial charge in [0.2, 0.25) is 5.91 Å². The number of likely N-dealkylation sites (N-methyl/N-ethyl adjacent to an activating group) is 1. The summed E-state index contributed by atoms with van der Waals surface area (Å²) in [6.45, 7) is 2.42. The maximum absolute atomic E-state index is 12.7. The number of hydrogen-bond donors (Lipinski definition) is 1. The first-order valence-corrected chi connectivity index (χ1v) is 8.46. The van der Waals surface area contributed by atoms with E-state index in [0.29, 0.717) is 12.6 Å². The molecule has 1 heterocycles. The van der Waals surface area contributed by atoms with E-state index in [2.05, 4.69) is 29.2 Å². The zero-order valence-electron chi connectivity index (χ0n) is 13.9. The van der Waals surface area contributed by atoms with Crippen LogP contribution in [0.4, 0.5) is 0 Å². The molecule has 4 nitrogen and oxygen atoms in total. The van der Waals surface area contributed by atoms with Crippen molar-refractivity contribution >= 4 is 18.3 Å². The molecule has 1 aromatic carbocycles. The predicted octanol–water partition coefficient (Wildman–Crippen LogP) is 2.37. The molecule has 1 saturated heterocycles. The van der Waals surface area contributed by atoms with Crippen LogP contribution < -0.4 is 5.73 Å². The van der Waals surface area contributed by atoms with E-state index < -0.39 is 0 Å². The Hall–Kier alpha value is -1.10. The van der Waals surface area contributed by atoms with Gasteiger partial charge >= 0.3 is 0 Å². The largest absolute Gasteiger partial charge is 0.338 e. The van der Waals surface area contributed by atoms with E-state index >= 15 is 0 Å². The minimum absolute atomic E-state index is 0. The summed E-state index contributed by atoms with van der Waals surface area (Å²) in [5.41, 5.74) is 8.68. The molecule has 0 spiro atoms. The van der Waals surface area contributed by atoms with Crippen LogP contribution in [0.3, 0.4) is 0 Å². The standard InChI is InChI=1S/C18H27N3O.ClH/c1-20(18(22)13-21-11-9-15(19)10-12-21)17-8-4-6-14-5-2-3-7-16(14)17;/h2-3,5,7,15,17H,4,6,8-13,19H2,1H3;1H. The zero-order valence-corrected chi connectivity index (χ0v) is 14.7. The molecule has 0 bridgehead atoms. The predicted molar refractivity (Wildman–Crippen MR) is 95.8 cm³/mol. The Morgan fingerprint density at radius 2 is 1.96 bits per heavy atom. The summed E-state index contributed by atoms with van der Waals surface area (Å²) in [7, 11) is 1.96. The third-order valence-electron chi connectivity index (χ3n) is 5.19. The van der Waals surface area contributed by atoms with Crippen LogP contribution in [0, 0.1) is 0 Å². The Kier molecular flexibility index (Phi) is 6.45. The van der Waals surface area contributed by atoms with Crippen molar-refractivity contribution in [1.82, 2.24) is 9.80 Å². The number of rotatable bonds is 3. The normalized spacial score (nSPS) is 22.1. The van der Waals surface area contributed by atoms with E-state index in [1.54, 1.807) is 0 Å². The highest BCUT2D eigenvalue weighted by Gasteiger charge is 2.28. The van der Waals surface area contributed by atoms with Crippen LogP contribution in [0.15, 0.2) is 24.3 Å². The van der Waals surface area contributed by atoms with E-state index in [0.717, 1.165) is 45.2 Å². The molecule has 23 heavy (non-hydrogen) atoms. The number of carbonyl (C=O) groups excluding carboxylic acids is 1. The fourth-order valence-electron chi connectivity index (χ4n) is 3.72. The number of benzene rings is 1. The fraction of sp³-hybridized carbons (Fsp3) is 0.611. The average Bonchev–Trinajstić information content (AvgIpc) is 2.55. The maximum atomic E-state index is 12.7. The van der Waals surface area contributed by atoms with Crippen LogP contribution in [0.25, 0.3) is 0 Å². The van der Waals surface area contributed by atoms with Crippen molar-refractivity contribution in [2.24, 2.45) is 5.73 Å². The van der Waals surface area contributed by atoms with Crippen molar-refractivity contribution in [1.29, 1.82) is 0 Å². The van der Waals surface area contributed by atoms with Crippen LogP contribution in [-0.2, 0) is 11.2 Å². The van der Waals surface area contributed by atoms with Crippen molar-refractivity contribution in [2.75, 3.05) is 26.7 Å². The summed E-state index contributed by atoms with van der Waals surface area (Å²) in [5, 5.41) is 0. The first kappa shape index (κ1) is 18.2. The Morgan fingerprint density at radius 3 is 2.70 bits per heavy atom. The lowest BCUT2D eigenvalue weighted by Crippen LogP contribution is -2.45. The molecule has 0 radical (unpaired) electrons. The number of fused-ring (bicyclic) bond motifs is 1. The smallest absolute Gasteiger partial charge is 0.237 e. The number of likely N-dealkylation sites (tertiary alicyclic amines) is 1. The summed E-state index contributed by atoms with van der Waals surface area (Å²) >= 11 is 0. The van der Waals surface area contributed by atoms with E-state index in [4.69, 9.17) is 5.73 Å². The van der Waals surface area contributed by atoms with Gasteiger partial charge in [-0.1, -0.05) is 24.3 Å². The minimum Gasteiger partial charge on any atom is -0.338 e. The van der Waals surface area contributed by atoms with Gasteiger partial charge in [-0.2, -0.15) is 0 Å². The Bertz CT molecular complexity index is 529. The van der Waals surface area contributed by atoms with Crippen molar-refractivity contribution in [3.8, 4) is 0 Å². The van der Waals surface area contributed by atoms with Gasteiger partial charge in [0, 0.05) is 26.2 Å². The van der Waals surface area contributed by atoms with Gasteiger partial charge in [0.1, 0.15) is 0 Å². The minimum atomic E-state index is 0. The molecule has 2 aliphatic rings. The van der Waals surface area contributed by atoms with Crippen LogP contribution >= 0.6 is 12.4 Å². The van der Waals surface area contributed by atoms with Crippen LogP contribution in [-0.4, -0.2) is 48.4 Å². The molecule has 128 valence electrons. The van der Waals surface area contributed by atoms with Gasteiger partial charge in [-0.15, -0.1) is 12.4 Å². The number of carbonyl (C=O) groups is 1. The lowest BCUT2D eigenvalue weighted by Gasteiger charge is -2.36. The maximum Gasteiger partial charge on any atom is 0.237 e. The van der Waals surface area contributed by atoms with E-state index in [1.807, 2.05) is 11.9 Å². The second-order valence-corrected chi connectivity index (χ2v) is 6.73. The number of amides is 1. The highest BCUT2D eigenvalue weighted by molar-refractivity contribution is 5.85. The fourth-order valence-corrected chi connectivity index (χ4v) is 3.72. The summed E-state index contributed by atoms with van der Waals surface area (Å²) in [5.74, 6) is 0.233. The van der Waals surface area contributed by atoms with E-state index in [9.17, 15) is 4.79 Å². The first-order chi connectivity index (χ1) is 10.6. The van der Waals surface area contributed by atoms with Gasteiger partial charge in [0.25, 0.3) is 0 Å². The molecule has 1 aromatic rings. The van der Waals surface area contributed by atoms with Crippen molar-refractivity contribution in [3.63, 3.8) is 0 Å². The molecule has 1 aliphatic carbocycles. The van der Waals surface area contributed by atoms with Gasteiger partial charge in [0.05, 0.1) is 12.6 Å². The summed E-state index contributed by atoms with van der Waals surface area (Å²) in [6, 6.07) is 9.12. The molecule has 1 unspecified atom stereocenters. The number of piperidine rings is 1. The third-order valence-corrected chi connectivity index (χ3v) is 5.19. The van der Waals surface area contributed by atoms with E-state index in [1.165, 1.54) is 11.1 Å². The molecule has 0 saturated carbocycles. The summed E-state index contributed by atoms with van der Waals surface area (Å²) in [6.07, 6.45) is 5.38. The van der Waals surface area contributed by atoms with Crippen LogP contribution in [0.1, 0.15) is 42.9 Å². The van der Waals surface area contributed by atoms with Crippen LogP contribution in [0.2, 0.25) is 0 Å². The van der Waals surface area contributed by atoms with Crippen molar-refractivity contribution in [2.45, 2.75) is 44.2 Å². The molecule has 3 rings (SSSR count). The second-order valence-electron chi connectivity index (χ2n) is 6.73. The topological polar surface area (TPSA) is 49.6 Å². The number of nitrogens with zero attached hydrogens (tertiary/aromatic N) is 2. The molecule has 1 amide bonds.